The predicted molar refractivity (Wildman–Crippen MR) is 103 cm³/mol. The van der Waals surface area contributed by atoms with Crippen molar-refractivity contribution in [2.75, 3.05) is 12.4 Å². The number of nitrogens with one attached hydrogen (secondary N) is 1. The fourth-order valence-electron chi connectivity index (χ4n) is 2.13. The molecule has 0 aliphatic heterocycles. The lowest BCUT2D eigenvalue weighted by atomic mass is 9.86. The highest BCUT2D eigenvalue weighted by Gasteiger charge is 2.12. The molecule has 1 N–H and O–H groups in total. The summed E-state index contributed by atoms with van der Waals surface area (Å²) in [5, 5.41) is 3.21. The monoisotopic (exact) mass is 325 g/mol. The van der Waals surface area contributed by atoms with E-state index in [9.17, 15) is 0 Å². The minimum Gasteiger partial charge on any atom is -0.497 e. The van der Waals surface area contributed by atoms with Crippen molar-refractivity contribution in [3.05, 3.63) is 71.9 Å². The molecular formula is C20H23NOS. The average molecular weight is 325 g/mol. The van der Waals surface area contributed by atoms with Crippen molar-refractivity contribution < 1.29 is 4.74 Å². The van der Waals surface area contributed by atoms with Gasteiger partial charge in [0.1, 0.15) is 5.75 Å². The number of allylic oxidation sites excluding steroid dienone is 1. The van der Waals surface area contributed by atoms with Gasteiger partial charge in [0.2, 0.25) is 0 Å². The summed E-state index contributed by atoms with van der Waals surface area (Å²) in [4.78, 5) is 0.812. The standard InChI is InChI=1S/C20H23NOS/c1-20(2,3)16-7-5-15(6-8-16)19(23)13-14-21-17-9-11-18(22-4)12-10-17/h5-14,21H,1-4H3. The second kappa shape index (κ2) is 7.42. The van der Waals surface area contributed by atoms with Gasteiger partial charge >= 0.3 is 0 Å². The topological polar surface area (TPSA) is 21.3 Å². The summed E-state index contributed by atoms with van der Waals surface area (Å²) in [6, 6.07) is 16.2. The highest BCUT2D eigenvalue weighted by Crippen LogP contribution is 2.22. The van der Waals surface area contributed by atoms with E-state index in [1.54, 1.807) is 7.11 Å². The maximum absolute atomic E-state index is 5.47. The number of hydrogen-bond acceptors (Lipinski definition) is 3. The molecule has 2 rings (SSSR count). The number of benzene rings is 2. The third-order valence-corrected chi connectivity index (χ3v) is 3.98. The van der Waals surface area contributed by atoms with Gasteiger partial charge in [0.15, 0.2) is 0 Å². The zero-order chi connectivity index (χ0) is 16.9. The zero-order valence-electron chi connectivity index (χ0n) is 14.1. The molecule has 0 heterocycles. The molecule has 23 heavy (non-hydrogen) atoms. The lowest BCUT2D eigenvalue weighted by molar-refractivity contribution is 0.415. The van der Waals surface area contributed by atoms with E-state index in [1.165, 1.54) is 5.56 Å². The predicted octanol–water partition coefficient (Wildman–Crippen LogP) is 5.34. The van der Waals surface area contributed by atoms with Crippen molar-refractivity contribution in [2.45, 2.75) is 26.2 Å². The molecule has 2 nitrogen and oxygen atoms in total. The quantitative estimate of drug-likeness (QED) is 0.456. The molecule has 0 saturated carbocycles. The molecule has 0 fully saturated rings. The molecule has 0 bridgehead atoms. The molecule has 0 aliphatic rings. The normalized spacial score (nSPS) is 11.5. The van der Waals surface area contributed by atoms with Gasteiger partial charge in [0.05, 0.1) is 7.11 Å². The van der Waals surface area contributed by atoms with Gasteiger partial charge in [-0.25, -0.2) is 0 Å². The van der Waals surface area contributed by atoms with Gasteiger partial charge in [0.25, 0.3) is 0 Å². The minimum absolute atomic E-state index is 0.159. The number of thiocarbonyl (C=S) groups is 1. The number of methoxy groups -OCH3 is 1. The van der Waals surface area contributed by atoms with Crippen LogP contribution in [0.4, 0.5) is 5.69 Å². The summed E-state index contributed by atoms with van der Waals surface area (Å²) >= 11 is 5.47. The largest absolute Gasteiger partial charge is 0.497 e. The van der Waals surface area contributed by atoms with E-state index < -0.39 is 0 Å². The molecule has 0 amide bonds. The lowest BCUT2D eigenvalue weighted by Crippen LogP contribution is -2.11. The van der Waals surface area contributed by atoms with E-state index in [0.29, 0.717) is 0 Å². The molecule has 0 aliphatic carbocycles. The van der Waals surface area contributed by atoms with E-state index in [1.807, 2.05) is 36.5 Å². The van der Waals surface area contributed by atoms with Crippen LogP contribution in [0.15, 0.2) is 60.8 Å². The molecule has 120 valence electrons. The Morgan fingerprint density at radius 3 is 2.13 bits per heavy atom. The fraction of sp³-hybridized carbons (Fsp3) is 0.250. The van der Waals surface area contributed by atoms with Crippen LogP contribution in [0.2, 0.25) is 0 Å². The summed E-state index contributed by atoms with van der Waals surface area (Å²) in [5.41, 5.74) is 3.52. The average Bonchev–Trinajstić information content (AvgIpc) is 2.54. The first-order valence-corrected chi connectivity index (χ1v) is 8.03. The maximum atomic E-state index is 5.47. The van der Waals surface area contributed by atoms with E-state index >= 15 is 0 Å². The molecule has 0 aromatic heterocycles. The number of rotatable bonds is 5. The first-order valence-electron chi connectivity index (χ1n) is 7.62. The van der Waals surface area contributed by atoms with Crippen molar-refractivity contribution in [3.63, 3.8) is 0 Å². The van der Waals surface area contributed by atoms with Gasteiger partial charge in [-0.3, -0.25) is 0 Å². The van der Waals surface area contributed by atoms with Gasteiger partial charge < -0.3 is 10.1 Å². The molecule has 3 heteroatoms. The second-order valence-electron chi connectivity index (χ2n) is 6.40. The number of hydrogen-bond donors (Lipinski definition) is 1. The van der Waals surface area contributed by atoms with Crippen molar-refractivity contribution in [3.8, 4) is 5.75 Å². The Bertz CT molecular complexity index is 679. The molecule has 0 atom stereocenters. The third kappa shape index (κ3) is 4.93. The second-order valence-corrected chi connectivity index (χ2v) is 6.84. The Morgan fingerprint density at radius 1 is 1.00 bits per heavy atom. The van der Waals surface area contributed by atoms with Crippen LogP contribution in [0, 0.1) is 0 Å². The number of ether oxygens (including phenoxy) is 1. The maximum Gasteiger partial charge on any atom is 0.119 e. The molecule has 0 radical (unpaired) electrons. The SMILES string of the molecule is COc1ccc(NC=CC(=S)c2ccc(C(C)(C)C)cc2)cc1. The summed E-state index contributed by atoms with van der Waals surface area (Å²) in [7, 11) is 1.66. The summed E-state index contributed by atoms with van der Waals surface area (Å²) in [6.07, 6.45) is 3.77. The first kappa shape index (κ1) is 17.2. The van der Waals surface area contributed by atoms with E-state index in [4.69, 9.17) is 17.0 Å². The van der Waals surface area contributed by atoms with Crippen LogP contribution in [0.3, 0.4) is 0 Å². The third-order valence-electron chi connectivity index (χ3n) is 3.61. The van der Waals surface area contributed by atoms with Gasteiger partial charge in [-0.1, -0.05) is 57.3 Å². The summed E-state index contributed by atoms with van der Waals surface area (Å²) in [5.74, 6) is 0.842. The van der Waals surface area contributed by atoms with Crippen LogP contribution in [0.25, 0.3) is 0 Å². The zero-order valence-corrected chi connectivity index (χ0v) is 14.9. The Morgan fingerprint density at radius 2 is 1.61 bits per heavy atom. The van der Waals surface area contributed by atoms with Crippen LogP contribution < -0.4 is 10.1 Å². The molecule has 0 saturated heterocycles. The Kier molecular flexibility index (Phi) is 5.56. The highest BCUT2D eigenvalue weighted by atomic mass is 32.1. The minimum atomic E-state index is 0.159. The van der Waals surface area contributed by atoms with Gasteiger partial charge in [-0.2, -0.15) is 0 Å². The van der Waals surface area contributed by atoms with E-state index in [0.717, 1.165) is 21.9 Å². The molecular weight excluding hydrogens is 302 g/mol. The molecule has 0 spiro atoms. The highest BCUT2D eigenvalue weighted by molar-refractivity contribution is 7.81. The van der Waals surface area contributed by atoms with E-state index in [2.05, 4.69) is 50.4 Å². The van der Waals surface area contributed by atoms with Crippen molar-refractivity contribution in [2.24, 2.45) is 0 Å². The fourth-order valence-corrected chi connectivity index (χ4v) is 2.34. The smallest absolute Gasteiger partial charge is 0.119 e. The van der Waals surface area contributed by atoms with Gasteiger partial charge in [0, 0.05) is 16.8 Å². The number of anilines is 1. The Balaban J connectivity index is 1.97. The van der Waals surface area contributed by atoms with Crippen molar-refractivity contribution in [1.82, 2.24) is 0 Å². The van der Waals surface area contributed by atoms with Crippen LogP contribution in [0.1, 0.15) is 31.9 Å². The van der Waals surface area contributed by atoms with Crippen LogP contribution >= 0.6 is 12.2 Å². The van der Waals surface area contributed by atoms with Gasteiger partial charge in [-0.05, 0) is 46.9 Å². The first-order chi connectivity index (χ1) is 10.9. The van der Waals surface area contributed by atoms with Gasteiger partial charge in [-0.15, -0.1) is 0 Å². The molecule has 2 aromatic carbocycles. The Hall–Kier alpha value is -2.13. The molecule has 0 unspecified atom stereocenters. The van der Waals surface area contributed by atoms with Crippen LogP contribution in [-0.2, 0) is 5.41 Å². The van der Waals surface area contributed by atoms with Crippen molar-refractivity contribution >= 4 is 22.8 Å². The lowest BCUT2D eigenvalue weighted by Gasteiger charge is -2.19. The van der Waals surface area contributed by atoms with E-state index in [-0.39, 0.29) is 5.41 Å². The summed E-state index contributed by atoms with van der Waals surface area (Å²) < 4.78 is 5.14. The Labute approximate surface area is 144 Å². The molecule has 2 aromatic rings. The summed E-state index contributed by atoms with van der Waals surface area (Å²) in [6.45, 7) is 6.62. The van der Waals surface area contributed by atoms with Crippen LogP contribution in [0.5, 0.6) is 5.75 Å². The van der Waals surface area contributed by atoms with Crippen molar-refractivity contribution in [1.29, 1.82) is 0 Å². The van der Waals surface area contributed by atoms with Crippen LogP contribution in [-0.4, -0.2) is 12.0 Å².